The fourth-order valence-corrected chi connectivity index (χ4v) is 6.77. The zero-order chi connectivity index (χ0) is 28.4. The van der Waals surface area contributed by atoms with E-state index in [0.717, 1.165) is 56.7 Å². The van der Waals surface area contributed by atoms with Gasteiger partial charge < -0.3 is 14.7 Å². The van der Waals surface area contributed by atoms with Gasteiger partial charge in [-0.3, -0.25) is 9.78 Å². The Morgan fingerprint density at radius 1 is 1.21 bits per heavy atom. The summed E-state index contributed by atoms with van der Waals surface area (Å²) in [5.41, 5.74) is 1.03. The van der Waals surface area contributed by atoms with Crippen LogP contribution in [0.15, 0.2) is 30.5 Å². The lowest BCUT2D eigenvalue weighted by Gasteiger charge is -2.40. The Hall–Kier alpha value is -2.77. The van der Waals surface area contributed by atoms with E-state index < -0.39 is 17.2 Å². The Morgan fingerprint density at radius 3 is 2.67 bits per heavy atom. The van der Waals surface area contributed by atoms with Gasteiger partial charge in [0.15, 0.2) is 11.5 Å². The van der Waals surface area contributed by atoms with E-state index in [1.807, 2.05) is 12.1 Å². The van der Waals surface area contributed by atoms with Crippen molar-refractivity contribution in [1.82, 2.24) is 9.88 Å². The number of pyridine rings is 1. The van der Waals surface area contributed by atoms with Gasteiger partial charge in [0.25, 0.3) is 0 Å². The van der Waals surface area contributed by atoms with Crippen LogP contribution in [0, 0.1) is 23.2 Å². The molecule has 1 amide bonds. The molecule has 0 bridgehead atoms. The number of hydrogen-bond acceptors (Lipinski definition) is 4. The van der Waals surface area contributed by atoms with Crippen LogP contribution in [-0.4, -0.2) is 34.6 Å². The fraction of sp³-hybridized carbons (Fsp3) is 0.613. The number of fused-ring (bicyclic) bond motifs is 1. The number of methoxy groups -OCH3 is 1. The van der Waals surface area contributed by atoms with E-state index in [9.17, 15) is 23.1 Å². The Kier molecular flexibility index (Phi) is 8.82. The van der Waals surface area contributed by atoms with Crippen molar-refractivity contribution in [3.63, 3.8) is 0 Å². The highest BCUT2D eigenvalue weighted by Crippen LogP contribution is 2.46. The van der Waals surface area contributed by atoms with E-state index in [1.165, 1.54) is 6.07 Å². The summed E-state index contributed by atoms with van der Waals surface area (Å²) in [6, 6.07) is 6.66. The van der Waals surface area contributed by atoms with Crippen molar-refractivity contribution >= 4 is 5.91 Å². The maximum absolute atomic E-state index is 14.2. The van der Waals surface area contributed by atoms with Crippen LogP contribution in [0.3, 0.4) is 0 Å². The molecule has 1 aliphatic carbocycles. The van der Waals surface area contributed by atoms with Gasteiger partial charge in [-0.25, -0.2) is 0 Å². The number of phenols is 1. The summed E-state index contributed by atoms with van der Waals surface area (Å²) in [4.78, 5) is 20.0. The molecule has 1 aliphatic heterocycles. The van der Waals surface area contributed by atoms with Crippen LogP contribution < -0.4 is 4.74 Å². The second-order valence-corrected chi connectivity index (χ2v) is 12.1. The molecule has 2 aliphatic rings. The molecule has 3 unspecified atom stereocenters. The van der Waals surface area contributed by atoms with Crippen molar-refractivity contribution in [1.29, 1.82) is 0 Å². The van der Waals surface area contributed by atoms with Crippen molar-refractivity contribution in [2.75, 3.05) is 13.7 Å². The minimum absolute atomic E-state index is 0.0934. The second-order valence-electron chi connectivity index (χ2n) is 12.1. The number of rotatable bonds is 7. The number of benzene rings is 1. The van der Waals surface area contributed by atoms with Crippen LogP contribution >= 0.6 is 0 Å². The standard InChI is InChI=1S/C31H41F3N2O3/c1-20(2)17-30(29(38)36-13-10-26-24(19-36)16-25(18-35-26)31(32,33)34)11-5-6-23(9-12-30)21(3)14-22-7-8-27(37)28(15-22)39-4/h7-8,15-16,18,20-21,23,37H,5-6,9-14,17,19H2,1-4H3. The van der Waals surface area contributed by atoms with Gasteiger partial charge in [0, 0.05) is 36.8 Å². The predicted octanol–water partition coefficient (Wildman–Crippen LogP) is 7.19. The smallest absolute Gasteiger partial charge is 0.417 e. The van der Waals surface area contributed by atoms with E-state index in [-0.39, 0.29) is 18.2 Å². The fourth-order valence-electron chi connectivity index (χ4n) is 6.77. The van der Waals surface area contributed by atoms with Gasteiger partial charge >= 0.3 is 6.18 Å². The molecular weight excluding hydrogens is 505 g/mol. The van der Waals surface area contributed by atoms with Gasteiger partial charge in [0.2, 0.25) is 5.91 Å². The number of aromatic nitrogens is 1. The molecule has 0 radical (unpaired) electrons. The first-order chi connectivity index (χ1) is 18.4. The molecule has 3 atom stereocenters. The number of carbonyl (C=O) groups excluding carboxylic acids is 1. The lowest BCUT2D eigenvalue weighted by Crippen LogP contribution is -2.47. The van der Waals surface area contributed by atoms with Crippen LogP contribution in [-0.2, 0) is 30.4 Å². The summed E-state index contributed by atoms with van der Waals surface area (Å²) in [6.45, 7) is 7.22. The van der Waals surface area contributed by atoms with Gasteiger partial charge in [0.1, 0.15) is 0 Å². The SMILES string of the molecule is COc1cc(CC(C)C2CCCC(CC(C)C)(C(=O)N3CCc4ncc(C(F)(F)F)cc4C3)CC2)ccc1O. The molecule has 214 valence electrons. The quantitative estimate of drug-likeness (QED) is 0.374. The molecule has 5 nitrogen and oxygen atoms in total. The maximum Gasteiger partial charge on any atom is 0.417 e. The van der Waals surface area contributed by atoms with Crippen molar-refractivity contribution in [3.8, 4) is 11.5 Å². The molecular formula is C31H41F3N2O3. The third-order valence-electron chi connectivity index (χ3n) is 8.74. The number of nitrogens with zero attached hydrogens (tertiary/aromatic N) is 2. The molecule has 2 aromatic rings. The largest absolute Gasteiger partial charge is 0.504 e. The topological polar surface area (TPSA) is 62.7 Å². The van der Waals surface area contributed by atoms with E-state index in [2.05, 4.69) is 25.8 Å². The third-order valence-corrected chi connectivity index (χ3v) is 8.74. The number of ether oxygens (including phenoxy) is 1. The lowest BCUT2D eigenvalue weighted by atomic mass is 9.72. The van der Waals surface area contributed by atoms with Gasteiger partial charge in [-0.2, -0.15) is 13.2 Å². The lowest BCUT2D eigenvalue weighted by molar-refractivity contribution is -0.145. The summed E-state index contributed by atoms with van der Waals surface area (Å²) < 4.78 is 45.2. The Bertz CT molecular complexity index is 1170. The van der Waals surface area contributed by atoms with Crippen LogP contribution in [0.1, 0.15) is 81.7 Å². The van der Waals surface area contributed by atoms with E-state index in [1.54, 1.807) is 18.1 Å². The van der Waals surface area contributed by atoms with E-state index in [0.29, 0.717) is 47.7 Å². The number of halogens is 3. The summed E-state index contributed by atoms with van der Waals surface area (Å²) in [5.74, 6) is 1.90. The first kappa shape index (κ1) is 29.2. The summed E-state index contributed by atoms with van der Waals surface area (Å²) in [6.07, 6.45) is 3.12. The van der Waals surface area contributed by atoms with Crippen molar-refractivity contribution in [2.24, 2.45) is 23.2 Å². The highest BCUT2D eigenvalue weighted by Gasteiger charge is 2.44. The van der Waals surface area contributed by atoms with E-state index >= 15 is 0 Å². The van der Waals surface area contributed by atoms with Crippen molar-refractivity contribution < 1.29 is 27.8 Å². The molecule has 1 aromatic heterocycles. The monoisotopic (exact) mass is 546 g/mol. The summed E-state index contributed by atoms with van der Waals surface area (Å²) in [7, 11) is 1.55. The Morgan fingerprint density at radius 2 is 1.97 bits per heavy atom. The van der Waals surface area contributed by atoms with Crippen LogP contribution in [0.25, 0.3) is 0 Å². The summed E-state index contributed by atoms with van der Waals surface area (Å²) >= 11 is 0. The number of phenolic OH excluding ortho intramolecular Hbond substituents is 1. The van der Waals surface area contributed by atoms with Crippen LogP contribution in [0.4, 0.5) is 13.2 Å². The van der Waals surface area contributed by atoms with Crippen LogP contribution in [0.5, 0.6) is 11.5 Å². The number of carbonyl (C=O) groups is 1. The molecule has 0 spiro atoms. The molecule has 1 saturated carbocycles. The number of amides is 1. The predicted molar refractivity (Wildman–Crippen MR) is 144 cm³/mol. The van der Waals surface area contributed by atoms with Gasteiger partial charge in [-0.15, -0.1) is 0 Å². The average Bonchev–Trinajstić information content (AvgIpc) is 3.11. The zero-order valence-electron chi connectivity index (χ0n) is 23.5. The van der Waals surface area contributed by atoms with Gasteiger partial charge in [0.05, 0.1) is 12.7 Å². The average molecular weight is 547 g/mol. The maximum atomic E-state index is 14.2. The number of aromatic hydroxyl groups is 1. The minimum atomic E-state index is -4.45. The first-order valence-corrected chi connectivity index (χ1v) is 14.1. The van der Waals surface area contributed by atoms with Gasteiger partial charge in [-0.05, 0) is 79.2 Å². The van der Waals surface area contributed by atoms with Crippen molar-refractivity contribution in [2.45, 2.75) is 84.9 Å². The first-order valence-electron chi connectivity index (χ1n) is 14.1. The normalized spacial score (nSPS) is 22.8. The molecule has 1 aromatic carbocycles. The van der Waals surface area contributed by atoms with Gasteiger partial charge in [-0.1, -0.05) is 39.7 Å². The number of hydrogen-bond donors (Lipinski definition) is 1. The molecule has 0 saturated heterocycles. The highest BCUT2D eigenvalue weighted by molar-refractivity contribution is 5.83. The minimum Gasteiger partial charge on any atom is -0.504 e. The molecule has 39 heavy (non-hydrogen) atoms. The second kappa shape index (κ2) is 11.8. The summed E-state index contributed by atoms with van der Waals surface area (Å²) in [5, 5.41) is 9.93. The zero-order valence-corrected chi connectivity index (χ0v) is 23.5. The molecule has 2 heterocycles. The third kappa shape index (κ3) is 6.69. The van der Waals surface area contributed by atoms with Crippen LogP contribution in [0.2, 0.25) is 0 Å². The highest BCUT2D eigenvalue weighted by atomic mass is 19.4. The molecule has 1 N–H and O–H groups in total. The Balaban J connectivity index is 1.49. The van der Waals surface area contributed by atoms with E-state index in [4.69, 9.17) is 4.74 Å². The van der Waals surface area contributed by atoms with Crippen molar-refractivity contribution in [3.05, 3.63) is 52.8 Å². The molecule has 8 heteroatoms. The Labute approximate surface area is 229 Å². The molecule has 1 fully saturated rings. The molecule has 4 rings (SSSR count). The number of alkyl halides is 3.